The number of carbonyl (C=O) groups excluding carboxylic acids is 1. The molecule has 29 heavy (non-hydrogen) atoms. The van der Waals surface area contributed by atoms with E-state index in [9.17, 15) is 13.2 Å². The van der Waals surface area contributed by atoms with Crippen LogP contribution in [-0.2, 0) is 16.6 Å². The fourth-order valence-electron chi connectivity index (χ4n) is 2.88. The van der Waals surface area contributed by atoms with Crippen LogP contribution in [0.2, 0.25) is 0 Å². The number of aryl methyl sites for hydroxylation is 2. The quantitative estimate of drug-likeness (QED) is 0.652. The Morgan fingerprint density at radius 3 is 1.86 bits per heavy atom. The molecule has 6 heteroatoms. The molecule has 3 aromatic carbocycles. The van der Waals surface area contributed by atoms with Gasteiger partial charge < -0.3 is 5.32 Å². The summed E-state index contributed by atoms with van der Waals surface area (Å²) in [5.74, 6) is -0.246. The SMILES string of the molecule is Cc1ccc(CN(c2ccc(C(=O)Nc3ccc(C)cc3)cc2)S(C)(=O)=O)cc1. The molecule has 0 bridgehead atoms. The highest BCUT2D eigenvalue weighted by Crippen LogP contribution is 2.22. The second-order valence-electron chi connectivity index (χ2n) is 7.12. The topological polar surface area (TPSA) is 66.5 Å². The first-order valence-electron chi connectivity index (χ1n) is 9.24. The Morgan fingerprint density at radius 1 is 0.828 bits per heavy atom. The average Bonchev–Trinajstić information content (AvgIpc) is 2.68. The molecular weight excluding hydrogens is 384 g/mol. The fraction of sp³-hybridized carbons (Fsp3) is 0.174. The van der Waals surface area contributed by atoms with Crippen molar-refractivity contribution in [3.63, 3.8) is 0 Å². The zero-order valence-corrected chi connectivity index (χ0v) is 17.5. The highest BCUT2D eigenvalue weighted by Gasteiger charge is 2.18. The molecule has 1 amide bonds. The van der Waals surface area contributed by atoms with Gasteiger partial charge in [0.25, 0.3) is 5.91 Å². The minimum atomic E-state index is -3.48. The summed E-state index contributed by atoms with van der Waals surface area (Å²) < 4.78 is 26.0. The Kier molecular flexibility index (Phi) is 6.03. The lowest BCUT2D eigenvalue weighted by Crippen LogP contribution is -2.29. The molecule has 0 radical (unpaired) electrons. The van der Waals surface area contributed by atoms with Crippen LogP contribution < -0.4 is 9.62 Å². The second-order valence-corrected chi connectivity index (χ2v) is 9.03. The molecule has 150 valence electrons. The van der Waals surface area contributed by atoms with E-state index in [2.05, 4.69) is 5.32 Å². The standard InChI is InChI=1S/C23H24N2O3S/c1-17-4-8-19(9-5-17)16-25(29(3,27)28)22-14-10-20(11-15-22)23(26)24-21-12-6-18(2)7-13-21/h4-15H,16H2,1-3H3,(H,24,26). The first kappa shape index (κ1) is 20.6. The minimum Gasteiger partial charge on any atom is -0.322 e. The lowest BCUT2D eigenvalue weighted by atomic mass is 10.1. The van der Waals surface area contributed by atoms with E-state index >= 15 is 0 Å². The van der Waals surface area contributed by atoms with Gasteiger partial charge in [-0.05, 0) is 55.8 Å². The number of rotatable bonds is 6. The first-order valence-corrected chi connectivity index (χ1v) is 11.1. The Bertz CT molecular complexity index is 1090. The molecule has 0 spiro atoms. The Hall–Kier alpha value is -3.12. The van der Waals surface area contributed by atoms with Gasteiger partial charge in [0.15, 0.2) is 0 Å². The van der Waals surface area contributed by atoms with E-state index in [1.165, 1.54) is 10.6 Å². The van der Waals surface area contributed by atoms with E-state index in [0.29, 0.717) is 16.9 Å². The van der Waals surface area contributed by atoms with E-state index < -0.39 is 10.0 Å². The highest BCUT2D eigenvalue weighted by molar-refractivity contribution is 7.92. The molecule has 0 saturated heterocycles. The van der Waals surface area contributed by atoms with Gasteiger partial charge in [-0.1, -0.05) is 47.5 Å². The smallest absolute Gasteiger partial charge is 0.255 e. The molecule has 0 aliphatic heterocycles. The molecule has 3 rings (SSSR count). The number of nitrogens with zero attached hydrogens (tertiary/aromatic N) is 1. The van der Waals surface area contributed by atoms with Gasteiger partial charge >= 0.3 is 0 Å². The molecular formula is C23H24N2O3S. The molecule has 0 aliphatic carbocycles. The molecule has 0 heterocycles. The number of sulfonamides is 1. The second kappa shape index (κ2) is 8.49. The lowest BCUT2D eigenvalue weighted by molar-refractivity contribution is 0.102. The molecule has 3 aromatic rings. The number of hydrogen-bond donors (Lipinski definition) is 1. The molecule has 1 N–H and O–H groups in total. The number of nitrogens with one attached hydrogen (secondary N) is 1. The molecule has 0 atom stereocenters. The van der Waals surface area contributed by atoms with Crippen LogP contribution in [0.4, 0.5) is 11.4 Å². The van der Waals surface area contributed by atoms with Crippen molar-refractivity contribution < 1.29 is 13.2 Å². The van der Waals surface area contributed by atoms with Gasteiger partial charge in [-0.25, -0.2) is 8.42 Å². The fourth-order valence-corrected chi connectivity index (χ4v) is 3.77. The third kappa shape index (κ3) is 5.45. The number of anilines is 2. The normalized spacial score (nSPS) is 11.1. The van der Waals surface area contributed by atoms with E-state index in [1.54, 1.807) is 24.3 Å². The van der Waals surface area contributed by atoms with Crippen LogP contribution in [0.3, 0.4) is 0 Å². The summed E-state index contributed by atoms with van der Waals surface area (Å²) in [5.41, 5.74) is 4.80. The van der Waals surface area contributed by atoms with Crippen LogP contribution in [0.5, 0.6) is 0 Å². The maximum absolute atomic E-state index is 12.5. The van der Waals surface area contributed by atoms with Gasteiger partial charge in [0.2, 0.25) is 10.0 Å². The van der Waals surface area contributed by atoms with Gasteiger partial charge in [0.05, 0.1) is 18.5 Å². The van der Waals surface area contributed by atoms with Crippen LogP contribution in [0.15, 0.2) is 72.8 Å². The molecule has 0 unspecified atom stereocenters. The maximum Gasteiger partial charge on any atom is 0.255 e. The molecule has 5 nitrogen and oxygen atoms in total. The lowest BCUT2D eigenvalue weighted by Gasteiger charge is -2.23. The van der Waals surface area contributed by atoms with Crippen LogP contribution in [0, 0.1) is 13.8 Å². The predicted molar refractivity (Wildman–Crippen MR) is 118 cm³/mol. The highest BCUT2D eigenvalue weighted by atomic mass is 32.2. The van der Waals surface area contributed by atoms with Crippen molar-refractivity contribution in [2.75, 3.05) is 15.9 Å². The third-order valence-electron chi connectivity index (χ3n) is 4.57. The van der Waals surface area contributed by atoms with Gasteiger partial charge in [0, 0.05) is 11.3 Å². The largest absolute Gasteiger partial charge is 0.322 e. The molecule has 0 fully saturated rings. The summed E-state index contributed by atoms with van der Waals surface area (Å²) >= 11 is 0. The number of benzene rings is 3. The summed E-state index contributed by atoms with van der Waals surface area (Å²) in [6, 6.07) is 21.8. The van der Waals surface area contributed by atoms with E-state index in [4.69, 9.17) is 0 Å². The van der Waals surface area contributed by atoms with E-state index in [0.717, 1.165) is 16.7 Å². The zero-order valence-electron chi connectivity index (χ0n) is 16.7. The monoisotopic (exact) mass is 408 g/mol. The maximum atomic E-state index is 12.5. The van der Waals surface area contributed by atoms with Crippen LogP contribution in [0.25, 0.3) is 0 Å². The van der Waals surface area contributed by atoms with Crippen molar-refractivity contribution in [2.24, 2.45) is 0 Å². The molecule has 0 saturated carbocycles. The summed E-state index contributed by atoms with van der Waals surface area (Å²) in [6.07, 6.45) is 1.18. The third-order valence-corrected chi connectivity index (χ3v) is 5.71. The summed E-state index contributed by atoms with van der Waals surface area (Å²) in [4.78, 5) is 12.5. The van der Waals surface area contributed by atoms with Crippen molar-refractivity contribution in [3.05, 3.63) is 95.1 Å². The minimum absolute atomic E-state index is 0.230. The van der Waals surface area contributed by atoms with Gasteiger partial charge in [0.1, 0.15) is 0 Å². The molecule has 0 aromatic heterocycles. The van der Waals surface area contributed by atoms with E-state index in [-0.39, 0.29) is 12.5 Å². The van der Waals surface area contributed by atoms with Gasteiger partial charge in [-0.3, -0.25) is 9.10 Å². The van der Waals surface area contributed by atoms with Crippen LogP contribution >= 0.6 is 0 Å². The Balaban J connectivity index is 1.79. The Labute approximate surface area is 172 Å². The Morgan fingerprint density at radius 2 is 1.34 bits per heavy atom. The first-order chi connectivity index (χ1) is 13.7. The number of hydrogen-bond acceptors (Lipinski definition) is 3. The van der Waals surface area contributed by atoms with Crippen molar-refractivity contribution in [3.8, 4) is 0 Å². The average molecular weight is 409 g/mol. The zero-order chi connectivity index (χ0) is 21.0. The van der Waals surface area contributed by atoms with Gasteiger partial charge in [-0.2, -0.15) is 0 Å². The van der Waals surface area contributed by atoms with Crippen molar-refractivity contribution in [2.45, 2.75) is 20.4 Å². The number of carbonyl (C=O) groups is 1. The predicted octanol–water partition coefficient (Wildman–Crippen LogP) is 4.52. The van der Waals surface area contributed by atoms with E-state index in [1.807, 2.05) is 62.4 Å². The van der Waals surface area contributed by atoms with Crippen LogP contribution in [0.1, 0.15) is 27.0 Å². The van der Waals surface area contributed by atoms with Crippen molar-refractivity contribution >= 4 is 27.3 Å². The summed E-state index contributed by atoms with van der Waals surface area (Å²) in [7, 11) is -3.48. The van der Waals surface area contributed by atoms with Crippen LogP contribution in [-0.4, -0.2) is 20.6 Å². The van der Waals surface area contributed by atoms with Crippen molar-refractivity contribution in [1.82, 2.24) is 0 Å². The van der Waals surface area contributed by atoms with Crippen molar-refractivity contribution in [1.29, 1.82) is 0 Å². The number of amides is 1. The summed E-state index contributed by atoms with van der Waals surface area (Å²) in [6.45, 7) is 4.20. The van der Waals surface area contributed by atoms with Gasteiger partial charge in [-0.15, -0.1) is 0 Å². The molecule has 0 aliphatic rings. The summed E-state index contributed by atoms with van der Waals surface area (Å²) in [5, 5.41) is 2.84.